The van der Waals surface area contributed by atoms with E-state index in [1.165, 1.54) is 41.3 Å². The molecule has 0 aliphatic carbocycles. The highest BCUT2D eigenvalue weighted by atomic mass is 35.5. The van der Waals surface area contributed by atoms with E-state index >= 15 is 0 Å². The van der Waals surface area contributed by atoms with Gasteiger partial charge in [-0.2, -0.15) is 0 Å². The largest absolute Gasteiger partial charge is 0.404 e. The topological polar surface area (TPSA) is 218 Å². The third kappa shape index (κ3) is 6.75. The summed E-state index contributed by atoms with van der Waals surface area (Å²) in [5, 5.41) is 9.66. The smallest absolute Gasteiger partial charge is 0.342 e. The van der Waals surface area contributed by atoms with Gasteiger partial charge in [-0.1, -0.05) is 23.4 Å². The Morgan fingerprint density at radius 1 is 1.19 bits per heavy atom. The van der Waals surface area contributed by atoms with Crippen LogP contribution in [0.25, 0.3) is 0 Å². The summed E-state index contributed by atoms with van der Waals surface area (Å²) < 4.78 is 9.68. The number of β-lactam (4-membered cyclic amide) rings is 1. The Bertz CT molecular complexity index is 1390. The Hall–Kier alpha value is -3.93. The Morgan fingerprint density at radius 2 is 1.88 bits per heavy atom. The number of nitrogen functional groups attached to an aromatic ring is 1. The summed E-state index contributed by atoms with van der Waals surface area (Å²) in [7, 11) is 1.26. The third-order valence-electron chi connectivity index (χ3n) is 6.02. The number of benzene rings is 1. The number of ether oxygens (including phenoxy) is 2. The summed E-state index contributed by atoms with van der Waals surface area (Å²) in [6.07, 6.45) is -1.81. The van der Waals surface area contributed by atoms with Gasteiger partial charge >= 0.3 is 18.4 Å². The molecule has 2 aliphatic heterocycles. The highest BCUT2D eigenvalue weighted by Gasteiger charge is 2.65. The number of carbonyl (C=O) groups excluding carboxylic acids is 5. The van der Waals surface area contributed by atoms with Crippen molar-refractivity contribution in [1.29, 1.82) is 0 Å². The molecule has 0 spiro atoms. The second kappa shape index (κ2) is 13.4. The quantitative estimate of drug-likeness (QED) is 0.0872. The number of rotatable bonds is 10. The molecule has 0 radical (unpaired) electrons. The number of anilines is 1. The van der Waals surface area contributed by atoms with Gasteiger partial charge in [-0.15, -0.1) is 35.5 Å². The number of nitrogens with zero attached hydrogens (tertiary/aromatic N) is 3. The molecule has 3 amide bonds. The standard InChI is InChI=1S/C24H27N7O8S2.ClH/c1-24(2)16(21(36)39-23(28-13(32)9-25)38-20(35)11-7-5-4-6-8-11)31-18(34)15(19(31)41-24)29-17(33)14(30-37-3)12-10-40-22(26)27-12;/h4-8,10,15-16,19,23H,9,25H2,1-3H3,(H2,26,27)(H,28,32)(H,29,33);1H/b30-14-;/t15-,16-,19+,23?;/m0./s1. The van der Waals surface area contributed by atoms with Gasteiger partial charge < -0.3 is 36.0 Å². The van der Waals surface area contributed by atoms with E-state index in [1.54, 1.807) is 32.0 Å². The first-order valence-electron chi connectivity index (χ1n) is 12.1. The average molecular weight is 642 g/mol. The van der Waals surface area contributed by atoms with Crippen LogP contribution in [0.2, 0.25) is 0 Å². The van der Waals surface area contributed by atoms with Crippen molar-refractivity contribution in [2.24, 2.45) is 10.9 Å². The second-order valence-electron chi connectivity index (χ2n) is 9.22. The maximum Gasteiger partial charge on any atom is 0.342 e. The van der Waals surface area contributed by atoms with Gasteiger partial charge in [0.2, 0.25) is 11.8 Å². The predicted octanol–water partition coefficient (Wildman–Crippen LogP) is -0.197. The molecule has 226 valence electrons. The number of thiazole rings is 1. The Labute approximate surface area is 254 Å². The molecule has 4 atom stereocenters. The lowest BCUT2D eigenvalue weighted by molar-refractivity contribution is -0.186. The second-order valence-corrected chi connectivity index (χ2v) is 11.9. The van der Waals surface area contributed by atoms with Gasteiger partial charge in [0.1, 0.15) is 30.3 Å². The molecule has 2 saturated heterocycles. The minimum Gasteiger partial charge on any atom is -0.404 e. The summed E-state index contributed by atoms with van der Waals surface area (Å²) in [5.41, 5.74) is 11.2. The van der Waals surface area contributed by atoms with Crippen LogP contribution in [0.15, 0.2) is 40.9 Å². The molecule has 2 aliphatic rings. The van der Waals surface area contributed by atoms with Crippen LogP contribution in [0.1, 0.15) is 29.9 Å². The van der Waals surface area contributed by atoms with Crippen LogP contribution in [0, 0.1) is 0 Å². The van der Waals surface area contributed by atoms with Crippen LogP contribution >= 0.6 is 35.5 Å². The Morgan fingerprint density at radius 3 is 2.48 bits per heavy atom. The number of aromatic nitrogens is 1. The van der Waals surface area contributed by atoms with Gasteiger partial charge in [-0.25, -0.2) is 14.6 Å². The van der Waals surface area contributed by atoms with Crippen LogP contribution < -0.4 is 22.1 Å². The number of hydrogen-bond acceptors (Lipinski definition) is 14. The zero-order chi connectivity index (χ0) is 29.9. The molecule has 2 aromatic rings. The molecule has 3 heterocycles. The molecule has 0 bridgehead atoms. The number of halogens is 1. The molecule has 15 nitrogen and oxygen atoms in total. The Kier molecular flexibility index (Phi) is 10.4. The van der Waals surface area contributed by atoms with Crippen molar-refractivity contribution in [3.8, 4) is 0 Å². The summed E-state index contributed by atoms with van der Waals surface area (Å²) >= 11 is 2.36. The minimum absolute atomic E-state index is 0. The SMILES string of the molecule is CO/N=C(\C(=O)N[C@H]1C(=O)N2[C@@H]1SC(C)(C)[C@@H]2C(=O)OC(NC(=O)CN)OC(=O)c1ccccc1)c1csc(N)n1.Cl. The molecule has 1 aromatic heterocycles. The number of oxime groups is 1. The fourth-order valence-corrected chi connectivity index (χ4v) is 6.38. The van der Waals surface area contributed by atoms with Crippen molar-refractivity contribution in [2.45, 2.75) is 42.5 Å². The van der Waals surface area contributed by atoms with Gasteiger partial charge in [-0.3, -0.25) is 19.7 Å². The van der Waals surface area contributed by atoms with Crippen molar-refractivity contribution >= 4 is 76.0 Å². The minimum atomic E-state index is -1.81. The number of nitrogens with two attached hydrogens (primary N) is 2. The molecule has 2 fully saturated rings. The molecule has 6 N–H and O–H groups in total. The van der Waals surface area contributed by atoms with Crippen molar-refractivity contribution in [2.75, 3.05) is 19.4 Å². The van der Waals surface area contributed by atoms with Crippen LogP contribution in [0.3, 0.4) is 0 Å². The summed E-state index contributed by atoms with van der Waals surface area (Å²) in [4.78, 5) is 74.1. The van der Waals surface area contributed by atoms with Crippen LogP contribution in [-0.4, -0.2) is 87.5 Å². The van der Waals surface area contributed by atoms with E-state index in [-0.39, 0.29) is 34.5 Å². The highest BCUT2D eigenvalue weighted by Crippen LogP contribution is 2.51. The van der Waals surface area contributed by atoms with Crippen LogP contribution in [0.5, 0.6) is 0 Å². The molecule has 0 saturated carbocycles. The molecule has 42 heavy (non-hydrogen) atoms. The van der Waals surface area contributed by atoms with Crippen LogP contribution in [0.4, 0.5) is 5.13 Å². The monoisotopic (exact) mass is 641 g/mol. The summed E-state index contributed by atoms with van der Waals surface area (Å²) in [6, 6.07) is 5.73. The van der Waals surface area contributed by atoms with Gasteiger partial charge in [0.05, 0.1) is 12.1 Å². The predicted molar refractivity (Wildman–Crippen MR) is 154 cm³/mol. The fraction of sp³-hybridized carbons (Fsp3) is 0.375. The maximum atomic E-state index is 13.4. The van der Waals surface area contributed by atoms with Crippen molar-refractivity contribution in [3.63, 3.8) is 0 Å². The van der Waals surface area contributed by atoms with E-state index in [2.05, 4.69) is 20.8 Å². The first-order chi connectivity index (χ1) is 19.5. The van der Waals surface area contributed by atoms with E-state index in [0.717, 1.165) is 11.3 Å². The van der Waals surface area contributed by atoms with E-state index in [1.807, 2.05) is 0 Å². The lowest BCUT2D eigenvalue weighted by Gasteiger charge is -2.44. The zero-order valence-electron chi connectivity index (χ0n) is 22.5. The normalized spacial score (nSPS) is 21.1. The number of nitrogens with one attached hydrogen (secondary N) is 2. The Balaban J connectivity index is 0.00000484. The van der Waals surface area contributed by atoms with Gasteiger partial charge in [0.25, 0.3) is 5.91 Å². The number of fused-ring (bicyclic) bond motifs is 1. The number of carbonyl (C=O) groups is 5. The molecule has 1 unspecified atom stereocenters. The van der Waals surface area contributed by atoms with Gasteiger partial charge in [-0.05, 0) is 26.0 Å². The fourth-order valence-electron chi connectivity index (χ4n) is 4.21. The van der Waals surface area contributed by atoms with Crippen molar-refractivity contribution < 1.29 is 38.3 Å². The maximum absolute atomic E-state index is 13.4. The number of hydrogen-bond donors (Lipinski definition) is 4. The van der Waals surface area contributed by atoms with Gasteiger partial charge in [0, 0.05) is 10.1 Å². The first kappa shape index (κ1) is 32.6. The average Bonchev–Trinajstić information content (AvgIpc) is 3.48. The number of esters is 2. The number of thioether (sulfide) groups is 1. The first-order valence-corrected chi connectivity index (χ1v) is 13.8. The molecule has 1 aromatic carbocycles. The van der Waals surface area contributed by atoms with E-state index in [0.29, 0.717) is 0 Å². The lowest BCUT2D eigenvalue weighted by Crippen LogP contribution is -2.71. The van der Waals surface area contributed by atoms with Crippen molar-refractivity contribution in [3.05, 3.63) is 47.0 Å². The summed E-state index contributed by atoms with van der Waals surface area (Å²) in [6.45, 7) is 2.97. The zero-order valence-corrected chi connectivity index (χ0v) is 24.9. The van der Waals surface area contributed by atoms with Gasteiger partial charge in [0.15, 0.2) is 10.8 Å². The third-order valence-corrected chi connectivity index (χ3v) is 8.27. The van der Waals surface area contributed by atoms with E-state index in [4.69, 9.17) is 25.8 Å². The molecule has 4 rings (SSSR count). The lowest BCUT2D eigenvalue weighted by atomic mass is 9.96. The summed E-state index contributed by atoms with van der Waals surface area (Å²) in [5.74, 6) is -3.83. The van der Waals surface area contributed by atoms with Crippen LogP contribution in [-0.2, 0) is 33.5 Å². The highest BCUT2D eigenvalue weighted by molar-refractivity contribution is 8.01. The molecular formula is C24H28ClN7O8S2. The number of amides is 3. The van der Waals surface area contributed by atoms with Crippen molar-refractivity contribution in [1.82, 2.24) is 20.5 Å². The molecule has 18 heteroatoms. The van der Waals surface area contributed by atoms with E-state index in [9.17, 15) is 24.0 Å². The van der Waals surface area contributed by atoms with E-state index < -0.39 is 64.8 Å². The molecular weight excluding hydrogens is 614 g/mol.